The van der Waals surface area contributed by atoms with Crippen LogP contribution in [0.5, 0.6) is 0 Å². The highest BCUT2D eigenvalue weighted by atomic mass is 31.2. The van der Waals surface area contributed by atoms with E-state index >= 15 is 0 Å². The molecule has 1 amide bonds. The van der Waals surface area contributed by atoms with E-state index < -0.39 is 51.2 Å². The van der Waals surface area contributed by atoms with Gasteiger partial charge in [0, 0.05) is 0 Å². The SMILES string of the molecule is NC1=C2N=CN([C@@H]3O[C@H](COP(=O)(O)O)[C@@H](O)[C@H]3O)C2N(C(=O)O)C=N1. The van der Waals surface area contributed by atoms with E-state index in [1.54, 1.807) is 0 Å². The van der Waals surface area contributed by atoms with Crippen LogP contribution in [0, 0.1) is 0 Å². The van der Waals surface area contributed by atoms with Crippen molar-refractivity contribution in [2.75, 3.05) is 6.61 Å². The lowest BCUT2D eigenvalue weighted by atomic mass is 10.1. The van der Waals surface area contributed by atoms with Gasteiger partial charge in [0.2, 0.25) is 0 Å². The lowest BCUT2D eigenvalue weighted by Gasteiger charge is -2.36. The van der Waals surface area contributed by atoms with Crippen LogP contribution < -0.4 is 5.73 Å². The van der Waals surface area contributed by atoms with E-state index in [9.17, 15) is 24.7 Å². The third-order valence-corrected chi connectivity index (χ3v) is 4.45. The van der Waals surface area contributed by atoms with Gasteiger partial charge in [0.1, 0.15) is 30.3 Å². The Kier molecular flexibility index (Phi) is 4.74. The molecule has 0 aromatic rings. The molecule has 14 nitrogen and oxygen atoms in total. The van der Waals surface area contributed by atoms with Gasteiger partial charge in [-0.1, -0.05) is 0 Å². The zero-order valence-corrected chi connectivity index (χ0v) is 13.8. The Morgan fingerprint density at radius 2 is 2.00 bits per heavy atom. The summed E-state index contributed by atoms with van der Waals surface area (Å²) in [6.07, 6.45) is -5.93. The number of aliphatic hydroxyl groups is 2. The monoisotopic (exact) mass is 393 g/mol. The fourth-order valence-electron chi connectivity index (χ4n) is 2.77. The van der Waals surface area contributed by atoms with Crippen molar-refractivity contribution in [3.63, 3.8) is 0 Å². The highest BCUT2D eigenvalue weighted by molar-refractivity contribution is 7.46. The molecule has 1 saturated heterocycles. The number of ether oxygens (including phenoxy) is 1. The van der Waals surface area contributed by atoms with Gasteiger partial charge in [-0.05, 0) is 0 Å². The summed E-state index contributed by atoms with van der Waals surface area (Å²) in [7, 11) is -4.80. The first kappa shape index (κ1) is 18.7. The van der Waals surface area contributed by atoms with Gasteiger partial charge in [-0.15, -0.1) is 0 Å². The highest BCUT2D eigenvalue weighted by Gasteiger charge is 2.51. The number of nitrogens with zero attached hydrogens (tertiary/aromatic N) is 4. The van der Waals surface area contributed by atoms with E-state index in [0.29, 0.717) is 0 Å². The molecule has 3 aliphatic rings. The van der Waals surface area contributed by atoms with E-state index in [-0.39, 0.29) is 11.5 Å². The maximum atomic E-state index is 11.4. The molecule has 0 saturated carbocycles. The van der Waals surface area contributed by atoms with Crippen LogP contribution in [0.25, 0.3) is 0 Å². The minimum atomic E-state index is -4.80. The molecule has 1 unspecified atom stereocenters. The van der Waals surface area contributed by atoms with Crippen LogP contribution in [0.2, 0.25) is 0 Å². The van der Waals surface area contributed by atoms with Crippen molar-refractivity contribution in [1.82, 2.24) is 9.80 Å². The Hall–Kier alpha value is -2.06. The van der Waals surface area contributed by atoms with Crippen LogP contribution in [0.15, 0.2) is 21.5 Å². The predicted molar refractivity (Wildman–Crippen MR) is 82.4 cm³/mol. The molecule has 5 atom stereocenters. The van der Waals surface area contributed by atoms with E-state index in [1.807, 2.05) is 0 Å². The molecule has 0 aliphatic carbocycles. The van der Waals surface area contributed by atoms with Gasteiger partial charge in [-0.3, -0.25) is 4.52 Å². The average Bonchev–Trinajstić information content (AvgIpc) is 3.09. The molecule has 0 spiro atoms. The van der Waals surface area contributed by atoms with Crippen molar-refractivity contribution in [3.05, 3.63) is 11.5 Å². The maximum Gasteiger partial charge on any atom is 0.469 e. The molecule has 0 aromatic carbocycles. The van der Waals surface area contributed by atoms with Gasteiger partial charge < -0.3 is 40.5 Å². The Balaban J connectivity index is 1.80. The van der Waals surface area contributed by atoms with Gasteiger partial charge >= 0.3 is 13.9 Å². The molecular formula is C11H16N5O9P. The maximum absolute atomic E-state index is 11.4. The highest BCUT2D eigenvalue weighted by Crippen LogP contribution is 2.38. The number of nitrogens with two attached hydrogens (primary N) is 1. The first-order valence-corrected chi connectivity index (χ1v) is 8.71. The van der Waals surface area contributed by atoms with E-state index in [4.69, 9.17) is 20.3 Å². The molecule has 0 bridgehead atoms. The Morgan fingerprint density at radius 3 is 2.62 bits per heavy atom. The Labute approximate surface area is 145 Å². The van der Waals surface area contributed by atoms with Crippen molar-refractivity contribution in [2.24, 2.45) is 15.7 Å². The molecule has 0 aromatic heterocycles. The quantitative estimate of drug-likeness (QED) is 0.272. The number of aliphatic hydroxyl groups excluding tert-OH is 2. The summed E-state index contributed by atoms with van der Waals surface area (Å²) < 4.78 is 20.5. The van der Waals surface area contributed by atoms with Crippen LogP contribution >= 0.6 is 7.82 Å². The number of amides is 1. The first-order chi connectivity index (χ1) is 12.1. The largest absolute Gasteiger partial charge is 0.469 e. The van der Waals surface area contributed by atoms with Gasteiger partial charge in [0.15, 0.2) is 18.2 Å². The second kappa shape index (κ2) is 6.59. The van der Waals surface area contributed by atoms with Crippen LogP contribution in [0.4, 0.5) is 4.79 Å². The van der Waals surface area contributed by atoms with Gasteiger partial charge in [-0.25, -0.2) is 24.2 Å². The number of rotatable bonds is 4. The molecule has 3 rings (SSSR count). The zero-order chi connectivity index (χ0) is 19.2. The number of fused-ring (bicyclic) bond motifs is 1. The minimum Gasteiger partial charge on any atom is -0.465 e. The Morgan fingerprint density at radius 1 is 1.31 bits per heavy atom. The predicted octanol–water partition coefficient (Wildman–Crippen LogP) is -2.64. The fourth-order valence-corrected chi connectivity index (χ4v) is 3.11. The van der Waals surface area contributed by atoms with Gasteiger partial charge in [0.05, 0.1) is 12.9 Å². The van der Waals surface area contributed by atoms with E-state index in [0.717, 1.165) is 11.2 Å². The molecule has 3 aliphatic heterocycles. The summed E-state index contributed by atoms with van der Waals surface area (Å²) in [5, 5.41) is 29.6. The average molecular weight is 393 g/mol. The van der Waals surface area contributed by atoms with Crippen LogP contribution in [-0.4, -0.2) is 91.0 Å². The van der Waals surface area contributed by atoms with E-state index in [1.165, 1.54) is 11.2 Å². The normalized spacial score (nSPS) is 33.9. The fraction of sp³-hybridized carbons (Fsp3) is 0.545. The summed E-state index contributed by atoms with van der Waals surface area (Å²) in [6, 6.07) is 0. The molecule has 3 heterocycles. The smallest absolute Gasteiger partial charge is 0.465 e. The zero-order valence-electron chi connectivity index (χ0n) is 12.9. The van der Waals surface area contributed by atoms with Crippen molar-refractivity contribution in [2.45, 2.75) is 30.7 Å². The topological polar surface area (TPSA) is 211 Å². The molecule has 0 radical (unpaired) electrons. The molecule has 7 N–H and O–H groups in total. The molecular weight excluding hydrogens is 377 g/mol. The summed E-state index contributed by atoms with van der Waals surface area (Å²) in [4.78, 5) is 38.6. The third-order valence-electron chi connectivity index (χ3n) is 3.96. The van der Waals surface area contributed by atoms with Crippen LogP contribution in [0.1, 0.15) is 0 Å². The lowest BCUT2D eigenvalue weighted by molar-refractivity contribution is -0.0846. The number of phosphoric ester groups is 1. The number of aliphatic imine (C=N–C) groups is 2. The lowest BCUT2D eigenvalue weighted by Crippen LogP contribution is -2.55. The molecule has 15 heteroatoms. The van der Waals surface area contributed by atoms with Crippen molar-refractivity contribution >= 4 is 26.6 Å². The second-order valence-electron chi connectivity index (χ2n) is 5.60. The Bertz CT molecular complexity index is 736. The van der Waals surface area contributed by atoms with Crippen molar-refractivity contribution in [1.29, 1.82) is 0 Å². The number of carbonyl (C=O) groups is 1. The van der Waals surface area contributed by atoms with Gasteiger partial charge in [-0.2, -0.15) is 0 Å². The number of hydrogen-bond donors (Lipinski definition) is 6. The summed E-state index contributed by atoms with van der Waals surface area (Å²) in [5.41, 5.74) is 5.80. The van der Waals surface area contributed by atoms with E-state index in [2.05, 4.69) is 14.5 Å². The second-order valence-corrected chi connectivity index (χ2v) is 6.84. The standard InChI is InChI=1S/C11H16N5O9P/c12-8-5-9(16(3-14-8)11(19)20)15(2-13-5)10-7(18)6(17)4(25-10)1-24-26(21,22)23/h2-4,6-7,9-10,17-18H,1,12H2,(H,19,20)(H2,21,22,23)/t4-,6-,7-,9?,10-/m1/s1. The third kappa shape index (κ3) is 3.31. The minimum absolute atomic E-state index is 0.0272. The number of hydrogen-bond acceptors (Lipinski definition) is 10. The summed E-state index contributed by atoms with van der Waals surface area (Å²) in [6.45, 7) is -0.691. The summed E-state index contributed by atoms with van der Waals surface area (Å²) >= 11 is 0. The molecule has 1 fully saturated rings. The number of phosphoric acid groups is 1. The van der Waals surface area contributed by atoms with Crippen LogP contribution in [0.3, 0.4) is 0 Å². The number of carboxylic acid groups (broad SMARTS) is 1. The first-order valence-electron chi connectivity index (χ1n) is 7.18. The summed E-state index contributed by atoms with van der Waals surface area (Å²) in [5.74, 6) is -0.0272. The van der Waals surface area contributed by atoms with Crippen molar-refractivity contribution in [3.8, 4) is 0 Å². The molecule has 26 heavy (non-hydrogen) atoms. The van der Waals surface area contributed by atoms with Crippen LogP contribution in [-0.2, 0) is 13.8 Å². The van der Waals surface area contributed by atoms with Gasteiger partial charge in [0.25, 0.3) is 0 Å². The van der Waals surface area contributed by atoms with Crippen molar-refractivity contribution < 1.29 is 43.7 Å². The molecule has 144 valence electrons.